The first kappa shape index (κ1) is 16.2. The van der Waals surface area contributed by atoms with Crippen LogP contribution >= 0.6 is 0 Å². The Balaban J connectivity index is 1.73. The number of benzene rings is 1. The van der Waals surface area contributed by atoms with Gasteiger partial charge in [0.15, 0.2) is 17.5 Å². The van der Waals surface area contributed by atoms with Crippen LogP contribution in [0.1, 0.15) is 16.8 Å². The van der Waals surface area contributed by atoms with Crippen molar-refractivity contribution in [2.45, 2.75) is 19.5 Å². The first-order chi connectivity index (χ1) is 11.7. The van der Waals surface area contributed by atoms with Gasteiger partial charge in [-0.15, -0.1) is 0 Å². The van der Waals surface area contributed by atoms with Crippen LogP contribution in [0.25, 0.3) is 0 Å². The Bertz CT molecular complexity index is 713. The summed E-state index contributed by atoms with van der Waals surface area (Å²) in [7, 11) is 5.10. The van der Waals surface area contributed by atoms with Gasteiger partial charge < -0.3 is 24.2 Å². The van der Waals surface area contributed by atoms with Crippen LogP contribution in [0, 0.1) is 0 Å². The first-order valence-corrected chi connectivity index (χ1v) is 7.83. The van der Waals surface area contributed by atoms with E-state index in [0.717, 1.165) is 42.7 Å². The molecule has 1 aromatic heterocycles. The minimum Gasteiger partial charge on any atom is -0.493 e. The van der Waals surface area contributed by atoms with Crippen LogP contribution in [0.2, 0.25) is 0 Å². The van der Waals surface area contributed by atoms with Crippen molar-refractivity contribution in [2.24, 2.45) is 4.99 Å². The van der Waals surface area contributed by atoms with Gasteiger partial charge in [0.25, 0.3) is 0 Å². The fourth-order valence-corrected chi connectivity index (χ4v) is 2.89. The molecule has 2 heterocycles. The number of nitrogens with zero attached hydrogens (tertiary/aromatic N) is 3. The second kappa shape index (κ2) is 7.25. The Kier molecular flexibility index (Phi) is 4.88. The van der Waals surface area contributed by atoms with Crippen molar-refractivity contribution in [1.29, 1.82) is 0 Å². The summed E-state index contributed by atoms with van der Waals surface area (Å²) in [6, 6.07) is 5.95. The summed E-state index contributed by atoms with van der Waals surface area (Å²) in [5.74, 6) is 2.38. The fourth-order valence-electron chi connectivity index (χ4n) is 2.89. The summed E-state index contributed by atoms with van der Waals surface area (Å²) < 4.78 is 15.7. The van der Waals surface area contributed by atoms with Gasteiger partial charge in [-0.1, -0.05) is 5.16 Å². The SMILES string of the molecule is CN=C(NCc1ccon1)N1CCc2cc(OC)c(OC)cc2C1. The van der Waals surface area contributed by atoms with E-state index >= 15 is 0 Å². The van der Waals surface area contributed by atoms with Crippen LogP contribution in [0.15, 0.2) is 34.0 Å². The Labute approximate surface area is 141 Å². The van der Waals surface area contributed by atoms with Crippen molar-refractivity contribution >= 4 is 5.96 Å². The molecule has 7 heteroatoms. The predicted octanol–water partition coefficient (Wildman–Crippen LogP) is 1.83. The topological polar surface area (TPSA) is 72.1 Å². The summed E-state index contributed by atoms with van der Waals surface area (Å²) in [6.45, 7) is 2.24. The highest BCUT2D eigenvalue weighted by Gasteiger charge is 2.21. The molecule has 3 rings (SSSR count). The second-order valence-electron chi connectivity index (χ2n) is 5.54. The molecule has 7 nitrogen and oxygen atoms in total. The Morgan fingerprint density at radius 2 is 2.04 bits per heavy atom. The lowest BCUT2D eigenvalue weighted by atomic mass is 9.99. The van der Waals surface area contributed by atoms with Crippen LogP contribution in [-0.4, -0.2) is 43.8 Å². The molecule has 24 heavy (non-hydrogen) atoms. The van der Waals surface area contributed by atoms with Crippen molar-refractivity contribution < 1.29 is 14.0 Å². The van der Waals surface area contributed by atoms with Crippen LogP contribution in [0.3, 0.4) is 0 Å². The van der Waals surface area contributed by atoms with Gasteiger partial charge >= 0.3 is 0 Å². The Morgan fingerprint density at radius 1 is 1.29 bits per heavy atom. The van der Waals surface area contributed by atoms with Gasteiger partial charge in [0.1, 0.15) is 12.0 Å². The zero-order valence-electron chi connectivity index (χ0n) is 14.2. The third-order valence-electron chi connectivity index (χ3n) is 4.15. The molecule has 1 N–H and O–H groups in total. The molecule has 1 aliphatic heterocycles. The van der Waals surface area contributed by atoms with Gasteiger partial charge in [0, 0.05) is 26.2 Å². The van der Waals surface area contributed by atoms with Gasteiger partial charge in [-0.3, -0.25) is 4.99 Å². The van der Waals surface area contributed by atoms with Gasteiger partial charge in [-0.25, -0.2) is 0 Å². The number of ether oxygens (including phenoxy) is 2. The van der Waals surface area contributed by atoms with E-state index in [1.807, 2.05) is 12.1 Å². The van der Waals surface area contributed by atoms with Crippen LogP contribution < -0.4 is 14.8 Å². The van der Waals surface area contributed by atoms with Crippen molar-refractivity contribution in [3.8, 4) is 11.5 Å². The Hall–Kier alpha value is -2.70. The zero-order chi connectivity index (χ0) is 16.9. The number of fused-ring (bicyclic) bond motifs is 1. The summed E-state index contributed by atoms with van der Waals surface area (Å²) in [4.78, 5) is 6.59. The number of guanidine groups is 1. The standard InChI is InChI=1S/C17H22N4O3/c1-18-17(19-10-14-5-7-24-20-14)21-6-4-12-8-15(22-2)16(23-3)9-13(12)11-21/h5,7-9H,4,6,10-11H2,1-3H3,(H,18,19). The third-order valence-corrected chi connectivity index (χ3v) is 4.15. The normalized spacial score (nSPS) is 14.3. The number of hydrogen-bond donors (Lipinski definition) is 1. The zero-order valence-corrected chi connectivity index (χ0v) is 14.2. The smallest absolute Gasteiger partial charge is 0.194 e. The molecule has 2 aromatic rings. The number of aliphatic imine (C=N–C) groups is 1. The number of hydrogen-bond acceptors (Lipinski definition) is 5. The molecule has 1 aromatic carbocycles. The highest BCUT2D eigenvalue weighted by atomic mass is 16.5. The monoisotopic (exact) mass is 330 g/mol. The van der Waals surface area contributed by atoms with E-state index in [2.05, 4.69) is 26.4 Å². The van der Waals surface area contributed by atoms with Crippen molar-refractivity contribution in [3.63, 3.8) is 0 Å². The molecule has 0 saturated carbocycles. The summed E-state index contributed by atoms with van der Waals surface area (Å²) in [5.41, 5.74) is 3.36. The van der Waals surface area contributed by atoms with Crippen molar-refractivity contribution in [2.75, 3.05) is 27.8 Å². The largest absolute Gasteiger partial charge is 0.493 e. The molecule has 0 bridgehead atoms. The average Bonchev–Trinajstić information content (AvgIpc) is 3.14. The highest BCUT2D eigenvalue weighted by Crippen LogP contribution is 2.33. The van der Waals surface area contributed by atoms with Crippen LogP contribution in [0.5, 0.6) is 11.5 Å². The van der Waals surface area contributed by atoms with E-state index < -0.39 is 0 Å². The third kappa shape index (κ3) is 3.29. The summed E-state index contributed by atoms with van der Waals surface area (Å²) in [6.07, 6.45) is 2.50. The molecule has 0 fully saturated rings. The van der Waals surface area contributed by atoms with Gasteiger partial charge in [0.2, 0.25) is 0 Å². The van der Waals surface area contributed by atoms with Crippen LogP contribution in [-0.2, 0) is 19.5 Å². The molecular formula is C17H22N4O3. The molecule has 0 atom stereocenters. The molecule has 0 spiro atoms. The van der Waals surface area contributed by atoms with E-state index in [0.29, 0.717) is 6.54 Å². The maximum absolute atomic E-state index is 5.41. The number of rotatable bonds is 4. The Morgan fingerprint density at radius 3 is 2.67 bits per heavy atom. The lowest BCUT2D eigenvalue weighted by Gasteiger charge is -2.32. The second-order valence-corrected chi connectivity index (χ2v) is 5.54. The van der Waals surface area contributed by atoms with E-state index in [1.165, 1.54) is 11.1 Å². The van der Waals surface area contributed by atoms with E-state index in [1.54, 1.807) is 27.5 Å². The highest BCUT2D eigenvalue weighted by molar-refractivity contribution is 5.80. The average molecular weight is 330 g/mol. The lowest BCUT2D eigenvalue weighted by molar-refractivity contribution is 0.345. The molecule has 0 saturated heterocycles. The quantitative estimate of drug-likeness (QED) is 0.681. The molecule has 0 aliphatic carbocycles. The molecule has 128 valence electrons. The maximum Gasteiger partial charge on any atom is 0.194 e. The predicted molar refractivity (Wildman–Crippen MR) is 90.4 cm³/mol. The molecule has 0 unspecified atom stereocenters. The maximum atomic E-state index is 5.41. The van der Waals surface area contributed by atoms with Crippen molar-refractivity contribution in [1.82, 2.24) is 15.4 Å². The summed E-state index contributed by atoms with van der Waals surface area (Å²) >= 11 is 0. The van der Waals surface area contributed by atoms with Gasteiger partial charge in [-0.05, 0) is 29.7 Å². The van der Waals surface area contributed by atoms with Gasteiger partial charge in [-0.2, -0.15) is 0 Å². The number of nitrogens with one attached hydrogen (secondary N) is 1. The molecular weight excluding hydrogens is 308 g/mol. The molecule has 0 radical (unpaired) electrons. The van der Waals surface area contributed by atoms with E-state index in [-0.39, 0.29) is 0 Å². The fraction of sp³-hybridized carbons (Fsp3) is 0.412. The minimum absolute atomic E-state index is 0.582. The van der Waals surface area contributed by atoms with Gasteiger partial charge in [0.05, 0.1) is 20.8 Å². The number of methoxy groups -OCH3 is 2. The first-order valence-electron chi connectivity index (χ1n) is 7.83. The van der Waals surface area contributed by atoms with E-state index in [9.17, 15) is 0 Å². The van der Waals surface area contributed by atoms with Crippen LogP contribution in [0.4, 0.5) is 0 Å². The molecule has 1 aliphatic rings. The summed E-state index contributed by atoms with van der Waals surface area (Å²) in [5, 5.41) is 7.22. The lowest BCUT2D eigenvalue weighted by Crippen LogP contribution is -2.43. The molecule has 0 amide bonds. The van der Waals surface area contributed by atoms with Crippen molar-refractivity contribution in [3.05, 3.63) is 41.3 Å². The number of aromatic nitrogens is 1. The minimum atomic E-state index is 0.582. The van der Waals surface area contributed by atoms with E-state index in [4.69, 9.17) is 14.0 Å².